The van der Waals surface area contributed by atoms with Crippen molar-refractivity contribution >= 4 is 0 Å². The van der Waals surface area contributed by atoms with Crippen LogP contribution in [0.15, 0.2) is 12.1 Å². The Morgan fingerprint density at radius 3 is 2.61 bits per heavy atom. The van der Waals surface area contributed by atoms with Crippen LogP contribution in [0.2, 0.25) is 0 Å². The van der Waals surface area contributed by atoms with E-state index in [0.29, 0.717) is 6.04 Å². The van der Waals surface area contributed by atoms with Gasteiger partial charge in [0.1, 0.15) is 11.4 Å². The average molecular weight is 245 g/mol. The fourth-order valence-corrected chi connectivity index (χ4v) is 3.54. The number of ether oxygens (including phenoxy) is 1. The Hall–Kier alpha value is -1.02. The van der Waals surface area contributed by atoms with Crippen LogP contribution in [0.25, 0.3) is 0 Å². The van der Waals surface area contributed by atoms with Crippen molar-refractivity contribution in [3.05, 3.63) is 28.8 Å². The van der Waals surface area contributed by atoms with E-state index in [-0.39, 0.29) is 5.60 Å². The van der Waals surface area contributed by atoms with Gasteiger partial charge in [0.25, 0.3) is 0 Å². The van der Waals surface area contributed by atoms with E-state index in [1.165, 1.54) is 42.4 Å². The molecule has 0 radical (unpaired) electrons. The Balaban J connectivity index is 2.07. The van der Waals surface area contributed by atoms with Crippen LogP contribution in [0.4, 0.5) is 0 Å². The topological polar surface area (TPSA) is 21.3 Å². The summed E-state index contributed by atoms with van der Waals surface area (Å²) in [5, 5.41) is 3.48. The minimum atomic E-state index is 0.110. The van der Waals surface area contributed by atoms with Crippen molar-refractivity contribution in [3.8, 4) is 5.75 Å². The van der Waals surface area contributed by atoms with Crippen molar-refractivity contribution in [2.75, 3.05) is 7.05 Å². The molecule has 1 N–H and O–H groups in total. The molecule has 1 aliphatic carbocycles. The highest BCUT2D eigenvalue weighted by Gasteiger charge is 2.43. The van der Waals surface area contributed by atoms with Crippen molar-refractivity contribution in [1.29, 1.82) is 0 Å². The average Bonchev–Trinajstić information content (AvgIpc) is 2.82. The fraction of sp³-hybridized carbons (Fsp3) is 0.625. The van der Waals surface area contributed by atoms with Crippen LogP contribution < -0.4 is 10.1 Å². The zero-order chi connectivity index (χ0) is 12.8. The van der Waals surface area contributed by atoms with E-state index in [2.05, 4.69) is 38.3 Å². The molecule has 1 fully saturated rings. The number of aryl methyl sites for hydroxylation is 1. The number of fused-ring (bicyclic) bond motifs is 1. The van der Waals surface area contributed by atoms with Gasteiger partial charge >= 0.3 is 0 Å². The number of hydrogen-bond acceptors (Lipinski definition) is 2. The van der Waals surface area contributed by atoms with Gasteiger partial charge in [0.15, 0.2) is 0 Å². The van der Waals surface area contributed by atoms with E-state index < -0.39 is 0 Å². The summed E-state index contributed by atoms with van der Waals surface area (Å²) in [5.74, 6) is 1.16. The lowest BCUT2D eigenvalue weighted by atomic mass is 9.84. The van der Waals surface area contributed by atoms with Gasteiger partial charge in [-0.3, -0.25) is 0 Å². The third-order valence-corrected chi connectivity index (χ3v) is 4.84. The van der Waals surface area contributed by atoms with Gasteiger partial charge in [-0.15, -0.1) is 0 Å². The van der Waals surface area contributed by atoms with E-state index >= 15 is 0 Å². The van der Waals surface area contributed by atoms with Gasteiger partial charge in [-0.25, -0.2) is 0 Å². The number of hydrogen-bond donors (Lipinski definition) is 1. The highest BCUT2D eigenvalue weighted by atomic mass is 16.5. The molecule has 3 rings (SSSR count). The predicted octanol–water partition coefficient (Wildman–Crippen LogP) is 3.66. The molecular weight excluding hydrogens is 222 g/mol. The molecule has 2 nitrogen and oxygen atoms in total. The molecule has 18 heavy (non-hydrogen) atoms. The van der Waals surface area contributed by atoms with Crippen LogP contribution in [0.3, 0.4) is 0 Å². The molecule has 1 saturated carbocycles. The fourth-order valence-electron chi connectivity index (χ4n) is 3.54. The molecule has 1 aromatic rings. The lowest BCUT2D eigenvalue weighted by Gasteiger charge is -2.41. The summed E-state index contributed by atoms with van der Waals surface area (Å²) in [6.07, 6.45) is 6.20. The van der Waals surface area contributed by atoms with Crippen LogP contribution >= 0.6 is 0 Å². The van der Waals surface area contributed by atoms with Crippen molar-refractivity contribution in [1.82, 2.24) is 5.32 Å². The van der Waals surface area contributed by atoms with E-state index in [9.17, 15) is 0 Å². The second kappa shape index (κ2) is 4.27. The summed E-state index contributed by atoms with van der Waals surface area (Å²) in [7, 11) is 2.07. The molecule has 1 atom stereocenters. The maximum atomic E-state index is 6.48. The van der Waals surface area contributed by atoms with E-state index in [0.717, 1.165) is 12.2 Å². The molecular formula is C16H23NO. The van der Waals surface area contributed by atoms with Crippen LogP contribution in [0.1, 0.15) is 54.8 Å². The second-order valence-corrected chi connectivity index (χ2v) is 5.96. The molecule has 1 heterocycles. The molecule has 1 spiro atoms. The maximum Gasteiger partial charge on any atom is 0.128 e. The summed E-state index contributed by atoms with van der Waals surface area (Å²) < 4.78 is 6.48. The molecule has 2 aliphatic rings. The summed E-state index contributed by atoms with van der Waals surface area (Å²) in [6, 6.07) is 4.90. The zero-order valence-electron chi connectivity index (χ0n) is 11.7. The number of nitrogens with one attached hydrogen (secondary N) is 1. The predicted molar refractivity (Wildman–Crippen MR) is 74.2 cm³/mol. The van der Waals surface area contributed by atoms with E-state index in [1.54, 1.807) is 0 Å². The van der Waals surface area contributed by atoms with Crippen molar-refractivity contribution in [3.63, 3.8) is 0 Å². The third-order valence-electron chi connectivity index (χ3n) is 4.84. The lowest BCUT2D eigenvalue weighted by Crippen LogP contribution is -2.41. The monoisotopic (exact) mass is 245 g/mol. The van der Waals surface area contributed by atoms with Gasteiger partial charge in [-0.2, -0.15) is 0 Å². The third kappa shape index (κ3) is 1.74. The molecule has 0 amide bonds. The second-order valence-electron chi connectivity index (χ2n) is 5.96. The standard InChI is InChI=1S/C16H23NO/c1-11-6-7-13-14(17-3)10-16(8-4-5-9-16)18-15(13)12(11)2/h6-7,14,17H,4-5,8-10H2,1-3H3. The minimum Gasteiger partial charge on any atom is -0.487 e. The van der Waals surface area contributed by atoms with Crippen LogP contribution in [0.5, 0.6) is 5.75 Å². The van der Waals surface area contributed by atoms with Crippen LogP contribution in [-0.4, -0.2) is 12.6 Å². The molecule has 1 aliphatic heterocycles. The molecule has 0 saturated heterocycles. The quantitative estimate of drug-likeness (QED) is 0.815. The van der Waals surface area contributed by atoms with E-state index in [4.69, 9.17) is 4.74 Å². The summed E-state index contributed by atoms with van der Waals surface area (Å²) in [5.41, 5.74) is 4.11. The first-order valence-corrected chi connectivity index (χ1v) is 7.12. The first-order chi connectivity index (χ1) is 8.65. The number of rotatable bonds is 1. The van der Waals surface area contributed by atoms with Gasteiger partial charge in [0.2, 0.25) is 0 Å². The molecule has 98 valence electrons. The van der Waals surface area contributed by atoms with Gasteiger partial charge in [0.05, 0.1) is 0 Å². The highest BCUT2D eigenvalue weighted by Crippen LogP contribution is 2.48. The van der Waals surface area contributed by atoms with Gasteiger partial charge < -0.3 is 10.1 Å². The molecule has 0 bridgehead atoms. The SMILES string of the molecule is CNC1CC2(CCCC2)Oc2c1ccc(C)c2C. The van der Waals surface area contributed by atoms with Crippen LogP contribution in [0, 0.1) is 13.8 Å². The van der Waals surface area contributed by atoms with Crippen molar-refractivity contribution in [2.24, 2.45) is 0 Å². The zero-order valence-corrected chi connectivity index (χ0v) is 11.7. The highest BCUT2D eigenvalue weighted by molar-refractivity contribution is 5.48. The summed E-state index contributed by atoms with van der Waals surface area (Å²) in [6.45, 7) is 4.36. The van der Waals surface area contributed by atoms with Gasteiger partial charge in [0, 0.05) is 18.0 Å². The molecule has 1 aromatic carbocycles. The van der Waals surface area contributed by atoms with Crippen molar-refractivity contribution < 1.29 is 4.74 Å². The largest absolute Gasteiger partial charge is 0.487 e. The van der Waals surface area contributed by atoms with E-state index in [1.807, 2.05) is 0 Å². The Bertz CT molecular complexity index is 460. The Morgan fingerprint density at radius 1 is 1.22 bits per heavy atom. The minimum absolute atomic E-state index is 0.110. The van der Waals surface area contributed by atoms with Gasteiger partial charge in [-0.1, -0.05) is 12.1 Å². The Kier molecular flexibility index (Phi) is 2.86. The summed E-state index contributed by atoms with van der Waals surface area (Å²) in [4.78, 5) is 0. The summed E-state index contributed by atoms with van der Waals surface area (Å²) >= 11 is 0. The Labute approximate surface area is 110 Å². The molecule has 0 aromatic heterocycles. The van der Waals surface area contributed by atoms with Gasteiger partial charge in [-0.05, 0) is 57.7 Å². The molecule has 2 heteroatoms. The molecule has 1 unspecified atom stereocenters. The Morgan fingerprint density at radius 2 is 1.94 bits per heavy atom. The first-order valence-electron chi connectivity index (χ1n) is 7.12. The van der Waals surface area contributed by atoms with Crippen molar-refractivity contribution in [2.45, 2.75) is 57.6 Å². The first kappa shape index (κ1) is 12.0. The maximum absolute atomic E-state index is 6.48. The smallest absolute Gasteiger partial charge is 0.128 e. The lowest BCUT2D eigenvalue weighted by molar-refractivity contribution is 0.0371. The van der Waals surface area contributed by atoms with Crippen LogP contribution in [-0.2, 0) is 0 Å². The normalized spacial score (nSPS) is 24.9. The number of benzene rings is 1.